The smallest absolute Gasteiger partial charge is 0.129 e. The summed E-state index contributed by atoms with van der Waals surface area (Å²) in [6, 6.07) is 13.1. The first kappa shape index (κ1) is 14.0. The Hall–Kier alpha value is -1.38. The maximum absolute atomic E-state index is 13.5. The summed E-state index contributed by atoms with van der Waals surface area (Å²) >= 11 is 5.97. The van der Waals surface area contributed by atoms with Gasteiger partial charge in [0.05, 0.1) is 0 Å². The lowest BCUT2D eigenvalue weighted by molar-refractivity contribution is 0.588. The van der Waals surface area contributed by atoms with E-state index < -0.39 is 0 Å². The number of hydrogen-bond acceptors (Lipinski definition) is 1. The van der Waals surface area contributed by atoms with Gasteiger partial charge < -0.3 is 5.32 Å². The predicted octanol–water partition coefficient (Wildman–Crippen LogP) is 4.12. The molecule has 2 rings (SSSR count). The van der Waals surface area contributed by atoms with Crippen molar-refractivity contribution in [1.29, 1.82) is 0 Å². The lowest BCUT2D eigenvalue weighted by atomic mass is 10.1. The van der Waals surface area contributed by atoms with Gasteiger partial charge in [-0.15, -0.1) is 0 Å². The fraction of sp³-hybridized carbons (Fsp3) is 0.250. The molecule has 0 aliphatic heterocycles. The van der Waals surface area contributed by atoms with E-state index in [0.29, 0.717) is 17.1 Å². The van der Waals surface area contributed by atoms with E-state index in [1.54, 1.807) is 12.1 Å². The van der Waals surface area contributed by atoms with E-state index in [-0.39, 0.29) is 5.82 Å². The van der Waals surface area contributed by atoms with Crippen LogP contribution in [0.15, 0.2) is 42.5 Å². The van der Waals surface area contributed by atoms with Crippen molar-refractivity contribution in [3.8, 4) is 0 Å². The van der Waals surface area contributed by atoms with Crippen molar-refractivity contribution in [2.75, 3.05) is 6.54 Å². The van der Waals surface area contributed by atoms with Gasteiger partial charge in [-0.1, -0.05) is 41.9 Å². The third-order valence-corrected chi connectivity index (χ3v) is 3.55. The third kappa shape index (κ3) is 3.79. The molecule has 0 aliphatic carbocycles. The van der Waals surface area contributed by atoms with Gasteiger partial charge in [-0.3, -0.25) is 0 Å². The SMILES string of the molecule is Cc1ccccc1CCNCc1c(F)cccc1Cl. The van der Waals surface area contributed by atoms with Crippen LogP contribution in [0.3, 0.4) is 0 Å². The topological polar surface area (TPSA) is 12.0 Å². The summed E-state index contributed by atoms with van der Waals surface area (Å²) in [5.74, 6) is -0.254. The highest BCUT2D eigenvalue weighted by molar-refractivity contribution is 6.31. The van der Waals surface area contributed by atoms with Gasteiger partial charge in [0, 0.05) is 17.1 Å². The normalized spacial score (nSPS) is 10.7. The molecule has 0 amide bonds. The van der Waals surface area contributed by atoms with Gasteiger partial charge in [0.15, 0.2) is 0 Å². The van der Waals surface area contributed by atoms with Crippen molar-refractivity contribution in [3.63, 3.8) is 0 Å². The van der Waals surface area contributed by atoms with Gasteiger partial charge in [0.25, 0.3) is 0 Å². The molecule has 0 saturated carbocycles. The number of aryl methyl sites for hydroxylation is 1. The van der Waals surface area contributed by atoms with Crippen molar-refractivity contribution < 1.29 is 4.39 Å². The van der Waals surface area contributed by atoms with E-state index in [9.17, 15) is 4.39 Å². The van der Waals surface area contributed by atoms with Gasteiger partial charge in [-0.25, -0.2) is 4.39 Å². The Labute approximate surface area is 118 Å². The summed E-state index contributed by atoms with van der Waals surface area (Å²) in [5.41, 5.74) is 3.14. The van der Waals surface area contributed by atoms with E-state index in [1.807, 2.05) is 12.1 Å². The minimum Gasteiger partial charge on any atom is -0.312 e. The second-order valence-electron chi connectivity index (χ2n) is 4.55. The molecule has 0 bridgehead atoms. The average Bonchev–Trinajstić information content (AvgIpc) is 2.39. The van der Waals surface area contributed by atoms with Crippen molar-refractivity contribution in [3.05, 3.63) is 70.0 Å². The van der Waals surface area contributed by atoms with Crippen LogP contribution in [-0.4, -0.2) is 6.54 Å². The Bertz CT molecular complexity index is 534. The number of halogens is 2. The Morgan fingerprint density at radius 1 is 1.11 bits per heavy atom. The van der Waals surface area contributed by atoms with E-state index in [1.165, 1.54) is 17.2 Å². The molecule has 0 fully saturated rings. The lowest BCUT2D eigenvalue weighted by Gasteiger charge is -2.09. The van der Waals surface area contributed by atoms with Crippen molar-refractivity contribution in [2.45, 2.75) is 19.9 Å². The molecule has 0 saturated heterocycles. The first-order chi connectivity index (χ1) is 9.18. The zero-order chi connectivity index (χ0) is 13.7. The minimum atomic E-state index is -0.254. The molecule has 0 heterocycles. The van der Waals surface area contributed by atoms with Crippen LogP contribution >= 0.6 is 11.6 Å². The van der Waals surface area contributed by atoms with Crippen LogP contribution in [0.1, 0.15) is 16.7 Å². The van der Waals surface area contributed by atoms with E-state index in [2.05, 4.69) is 24.4 Å². The van der Waals surface area contributed by atoms with Crippen LogP contribution in [0.2, 0.25) is 5.02 Å². The number of rotatable bonds is 5. The quantitative estimate of drug-likeness (QED) is 0.811. The van der Waals surface area contributed by atoms with Gasteiger partial charge >= 0.3 is 0 Å². The van der Waals surface area contributed by atoms with Crippen LogP contribution in [0.5, 0.6) is 0 Å². The fourth-order valence-electron chi connectivity index (χ4n) is 2.03. The number of hydrogen-bond donors (Lipinski definition) is 1. The molecule has 1 nitrogen and oxygen atoms in total. The van der Waals surface area contributed by atoms with E-state index >= 15 is 0 Å². The van der Waals surface area contributed by atoms with Gasteiger partial charge in [-0.05, 0) is 43.1 Å². The van der Waals surface area contributed by atoms with Gasteiger partial charge in [0.1, 0.15) is 5.82 Å². The Balaban J connectivity index is 1.86. The molecule has 0 spiro atoms. The van der Waals surface area contributed by atoms with Gasteiger partial charge in [0.2, 0.25) is 0 Å². The fourth-order valence-corrected chi connectivity index (χ4v) is 2.26. The largest absolute Gasteiger partial charge is 0.312 e. The van der Waals surface area contributed by atoms with Crippen LogP contribution in [0.25, 0.3) is 0 Å². The standard InChI is InChI=1S/C16H17ClFN/c1-12-5-2-3-6-13(12)9-10-19-11-14-15(17)7-4-8-16(14)18/h2-8,19H,9-11H2,1H3. The molecule has 2 aromatic rings. The third-order valence-electron chi connectivity index (χ3n) is 3.20. The highest BCUT2D eigenvalue weighted by Gasteiger charge is 2.05. The highest BCUT2D eigenvalue weighted by atomic mass is 35.5. The molecule has 0 aromatic heterocycles. The summed E-state index contributed by atoms with van der Waals surface area (Å²) in [7, 11) is 0. The molecule has 0 radical (unpaired) electrons. The summed E-state index contributed by atoms with van der Waals surface area (Å²) in [5, 5.41) is 3.71. The molecule has 2 aromatic carbocycles. The summed E-state index contributed by atoms with van der Waals surface area (Å²) in [6.07, 6.45) is 0.929. The van der Waals surface area contributed by atoms with E-state index in [0.717, 1.165) is 13.0 Å². The molecule has 0 atom stereocenters. The molecule has 1 N–H and O–H groups in total. The maximum Gasteiger partial charge on any atom is 0.129 e. The Morgan fingerprint density at radius 2 is 1.89 bits per heavy atom. The van der Waals surface area contributed by atoms with Crippen molar-refractivity contribution in [2.24, 2.45) is 0 Å². The average molecular weight is 278 g/mol. The van der Waals surface area contributed by atoms with Crippen LogP contribution in [0.4, 0.5) is 4.39 Å². The summed E-state index contributed by atoms with van der Waals surface area (Å²) in [4.78, 5) is 0. The molecular weight excluding hydrogens is 261 g/mol. The molecule has 3 heteroatoms. The Morgan fingerprint density at radius 3 is 2.63 bits per heavy atom. The monoisotopic (exact) mass is 277 g/mol. The second kappa shape index (κ2) is 6.69. The molecule has 0 aliphatic rings. The van der Waals surface area contributed by atoms with Gasteiger partial charge in [-0.2, -0.15) is 0 Å². The predicted molar refractivity (Wildman–Crippen MR) is 78.0 cm³/mol. The highest BCUT2D eigenvalue weighted by Crippen LogP contribution is 2.18. The summed E-state index contributed by atoms with van der Waals surface area (Å²) in [6.45, 7) is 3.36. The van der Waals surface area contributed by atoms with Crippen molar-refractivity contribution in [1.82, 2.24) is 5.32 Å². The zero-order valence-electron chi connectivity index (χ0n) is 10.9. The van der Waals surface area contributed by atoms with E-state index in [4.69, 9.17) is 11.6 Å². The first-order valence-electron chi connectivity index (χ1n) is 6.36. The second-order valence-corrected chi connectivity index (χ2v) is 4.96. The van der Waals surface area contributed by atoms with Crippen LogP contribution < -0.4 is 5.32 Å². The van der Waals surface area contributed by atoms with Crippen LogP contribution in [-0.2, 0) is 13.0 Å². The zero-order valence-corrected chi connectivity index (χ0v) is 11.7. The number of benzene rings is 2. The molecule has 100 valence electrons. The minimum absolute atomic E-state index is 0.254. The molecule has 0 unspecified atom stereocenters. The Kier molecular flexibility index (Phi) is 4.94. The number of nitrogens with one attached hydrogen (secondary N) is 1. The summed E-state index contributed by atoms with van der Waals surface area (Å²) < 4.78 is 13.5. The first-order valence-corrected chi connectivity index (χ1v) is 6.74. The molecule has 19 heavy (non-hydrogen) atoms. The van der Waals surface area contributed by atoms with Crippen LogP contribution in [0, 0.1) is 12.7 Å². The maximum atomic E-state index is 13.5. The molecular formula is C16H17ClFN. The lowest BCUT2D eigenvalue weighted by Crippen LogP contribution is -2.18. The van der Waals surface area contributed by atoms with Crippen molar-refractivity contribution >= 4 is 11.6 Å².